The molecule has 0 spiro atoms. The summed E-state index contributed by atoms with van der Waals surface area (Å²) in [5.74, 6) is -0.684. The number of rotatable bonds is 0. The van der Waals surface area contributed by atoms with E-state index in [2.05, 4.69) is 4.98 Å². The number of nitrogens with zero attached hydrogens (tertiary/aromatic N) is 1. The molecule has 84 valence electrons. The van der Waals surface area contributed by atoms with E-state index in [0.717, 1.165) is 6.07 Å². The Morgan fingerprint density at radius 2 is 1.88 bits per heavy atom. The number of fused-ring (bicyclic) bond motifs is 1. The lowest BCUT2D eigenvalue weighted by atomic mass is 10.1. The highest BCUT2D eigenvalue weighted by Gasteiger charge is 2.33. The van der Waals surface area contributed by atoms with Crippen LogP contribution in [0.1, 0.15) is 5.69 Å². The lowest BCUT2D eigenvalue weighted by molar-refractivity contribution is -0.140. The highest BCUT2D eigenvalue weighted by Crippen LogP contribution is 2.32. The summed E-state index contributed by atoms with van der Waals surface area (Å²) in [6, 6.07) is 4.31. The summed E-state index contributed by atoms with van der Waals surface area (Å²) >= 11 is 0. The van der Waals surface area contributed by atoms with Gasteiger partial charge in [-0.25, -0.2) is 9.37 Å². The Labute approximate surface area is 87.7 Å². The van der Waals surface area contributed by atoms with E-state index in [1.165, 1.54) is 12.1 Å². The summed E-state index contributed by atoms with van der Waals surface area (Å²) in [6.45, 7) is 0. The van der Waals surface area contributed by atoms with Gasteiger partial charge in [-0.2, -0.15) is 13.2 Å². The molecule has 16 heavy (non-hydrogen) atoms. The van der Waals surface area contributed by atoms with E-state index >= 15 is 0 Å². The number of benzene rings is 1. The van der Waals surface area contributed by atoms with Crippen molar-refractivity contribution >= 4 is 16.6 Å². The molecule has 0 atom stereocenters. The third-order valence-corrected chi connectivity index (χ3v) is 2.10. The Kier molecular flexibility index (Phi) is 2.22. The van der Waals surface area contributed by atoms with Gasteiger partial charge in [-0.3, -0.25) is 0 Å². The molecule has 1 aromatic carbocycles. The zero-order chi connectivity index (χ0) is 11.9. The highest BCUT2D eigenvalue weighted by molar-refractivity contribution is 5.90. The number of halogens is 4. The van der Waals surface area contributed by atoms with Crippen LogP contribution in [0.5, 0.6) is 0 Å². The molecule has 0 saturated carbocycles. The van der Waals surface area contributed by atoms with Gasteiger partial charge in [0.2, 0.25) is 0 Å². The van der Waals surface area contributed by atoms with E-state index < -0.39 is 17.7 Å². The molecule has 2 rings (SSSR count). The highest BCUT2D eigenvalue weighted by atomic mass is 19.4. The zero-order valence-corrected chi connectivity index (χ0v) is 7.85. The van der Waals surface area contributed by atoms with Crippen LogP contribution in [0.25, 0.3) is 10.9 Å². The number of pyridine rings is 1. The Morgan fingerprint density at radius 1 is 1.19 bits per heavy atom. The van der Waals surface area contributed by atoms with E-state index in [0.29, 0.717) is 6.07 Å². The average molecular weight is 230 g/mol. The van der Waals surface area contributed by atoms with Crippen molar-refractivity contribution in [3.05, 3.63) is 35.8 Å². The molecule has 1 aromatic heterocycles. The number of nitrogens with two attached hydrogens (primary N) is 1. The maximum Gasteiger partial charge on any atom is 0.433 e. The van der Waals surface area contributed by atoms with Crippen molar-refractivity contribution in [2.75, 3.05) is 5.73 Å². The van der Waals surface area contributed by atoms with Crippen molar-refractivity contribution in [1.29, 1.82) is 0 Å². The number of aromatic nitrogens is 1. The fourth-order valence-electron chi connectivity index (χ4n) is 1.42. The lowest BCUT2D eigenvalue weighted by Crippen LogP contribution is -2.09. The first-order chi connectivity index (χ1) is 7.39. The minimum Gasteiger partial charge on any atom is -0.398 e. The predicted octanol–water partition coefficient (Wildman–Crippen LogP) is 2.97. The lowest BCUT2D eigenvalue weighted by Gasteiger charge is -2.09. The van der Waals surface area contributed by atoms with Crippen LogP contribution in [-0.4, -0.2) is 4.98 Å². The van der Waals surface area contributed by atoms with E-state index in [9.17, 15) is 17.6 Å². The van der Waals surface area contributed by atoms with Crippen LogP contribution in [0, 0.1) is 5.82 Å². The minimum absolute atomic E-state index is 0.0875. The van der Waals surface area contributed by atoms with Crippen molar-refractivity contribution in [2.45, 2.75) is 6.18 Å². The summed E-state index contributed by atoms with van der Waals surface area (Å²) in [7, 11) is 0. The van der Waals surface area contributed by atoms with Crippen LogP contribution in [0.2, 0.25) is 0 Å². The summed E-state index contributed by atoms with van der Waals surface area (Å²) in [5, 5.41) is -0.0875. The average Bonchev–Trinajstić information content (AvgIpc) is 2.15. The first-order valence-electron chi connectivity index (χ1n) is 4.31. The van der Waals surface area contributed by atoms with E-state index in [4.69, 9.17) is 5.73 Å². The Bertz CT molecular complexity index is 548. The molecule has 2 N–H and O–H groups in total. The summed E-state index contributed by atoms with van der Waals surface area (Å²) in [5.41, 5.74) is 3.88. The molecule has 0 aliphatic carbocycles. The van der Waals surface area contributed by atoms with E-state index in [1.54, 1.807) is 0 Å². The quantitative estimate of drug-likeness (QED) is 0.706. The van der Waals surface area contributed by atoms with Crippen LogP contribution in [0.4, 0.5) is 23.2 Å². The molecule has 6 heteroatoms. The largest absolute Gasteiger partial charge is 0.433 e. The Hall–Kier alpha value is -1.85. The number of nitrogen functional groups attached to an aromatic ring is 1. The van der Waals surface area contributed by atoms with Gasteiger partial charge < -0.3 is 5.73 Å². The van der Waals surface area contributed by atoms with Gasteiger partial charge in [0, 0.05) is 5.69 Å². The molecule has 0 saturated heterocycles. The van der Waals surface area contributed by atoms with Gasteiger partial charge in [0.15, 0.2) is 0 Å². The van der Waals surface area contributed by atoms with Crippen molar-refractivity contribution in [3.63, 3.8) is 0 Å². The Morgan fingerprint density at radius 3 is 2.50 bits per heavy atom. The predicted molar refractivity (Wildman–Crippen MR) is 51.1 cm³/mol. The topological polar surface area (TPSA) is 38.9 Å². The third-order valence-electron chi connectivity index (χ3n) is 2.10. The van der Waals surface area contributed by atoms with Gasteiger partial charge in [0.1, 0.15) is 11.5 Å². The second-order valence-corrected chi connectivity index (χ2v) is 3.23. The molecule has 0 fully saturated rings. The fourth-order valence-corrected chi connectivity index (χ4v) is 1.42. The van der Waals surface area contributed by atoms with E-state index in [-0.39, 0.29) is 16.6 Å². The molecular formula is C10H6F4N2. The van der Waals surface area contributed by atoms with Crippen molar-refractivity contribution in [1.82, 2.24) is 4.98 Å². The monoisotopic (exact) mass is 230 g/mol. The molecule has 1 heterocycles. The van der Waals surface area contributed by atoms with Crippen molar-refractivity contribution in [2.24, 2.45) is 0 Å². The standard InChI is InChI=1S/C10H6F4N2/c11-5-2-1-3-7-9(5)6(15)4-8(16-7)10(12,13)14/h1-4H,(H2,15,16). The maximum absolute atomic E-state index is 13.3. The molecule has 0 amide bonds. The molecule has 0 aliphatic rings. The number of alkyl halides is 3. The molecule has 2 aromatic rings. The maximum atomic E-state index is 13.3. The summed E-state index contributed by atoms with van der Waals surface area (Å²) in [4.78, 5) is 3.32. The molecule has 2 nitrogen and oxygen atoms in total. The van der Waals surface area contributed by atoms with Gasteiger partial charge in [-0.05, 0) is 18.2 Å². The Balaban J connectivity index is 2.79. The molecule has 0 aliphatic heterocycles. The normalized spacial score (nSPS) is 12.0. The van der Waals surface area contributed by atoms with Crippen LogP contribution >= 0.6 is 0 Å². The summed E-state index contributed by atoms with van der Waals surface area (Å²) < 4.78 is 50.4. The zero-order valence-electron chi connectivity index (χ0n) is 7.85. The van der Waals surface area contributed by atoms with Crippen LogP contribution < -0.4 is 5.73 Å². The second-order valence-electron chi connectivity index (χ2n) is 3.23. The molecule has 0 bridgehead atoms. The van der Waals surface area contributed by atoms with Crippen LogP contribution in [0.15, 0.2) is 24.3 Å². The van der Waals surface area contributed by atoms with Gasteiger partial charge in [0.25, 0.3) is 0 Å². The van der Waals surface area contributed by atoms with Gasteiger partial charge in [0.05, 0.1) is 10.9 Å². The molecular weight excluding hydrogens is 224 g/mol. The van der Waals surface area contributed by atoms with Gasteiger partial charge in [-0.15, -0.1) is 0 Å². The number of anilines is 1. The first-order valence-corrected chi connectivity index (χ1v) is 4.31. The minimum atomic E-state index is -4.59. The first kappa shape index (κ1) is 10.7. The number of hydrogen-bond donors (Lipinski definition) is 1. The van der Waals surface area contributed by atoms with Gasteiger partial charge in [-0.1, -0.05) is 6.07 Å². The molecule has 0 unspecified atom stereocenters. The van der Waals surface area contributed by atoms with Crippen molar-refractivity contribution in [3.8, 4) is 0 Å². The number of hydrogen-bond acceptors (Lipinski definition) is 2. The van der Waals surface area contributed by atoms with Crippen LogP contribution in [0.3, 0.4) is 0 Å². The third kappa shape index (κ3) is 1.66. The van der Waals surface area contributed by atoms with Gasteiger partial charge >= 0.3 is 6.18 Å². The fraction of sp³-hybridized carbons (Fsp3) is 0.100. The molecule has 0 radical (unpaired) electrons. The van der Waals surface area contributed by atoms with E-state index in [1.807, 2.05) is 0 Å². The SMILES string of the molecule is Nc1cc(C(F)(F)F)nc2cccc(F)c12. The summed E-state index contributed by atoms with van der Waals surface area (Å²) in [6.07, 6.45) is -4.59. The smallest absolute Gasteiger partial charge is 0.398 e. The van der Waals surface area contributed by atoms with Crippen molar-refractivity contribution < 1.29 is 17.6 Å². The second kappa shape index (κ2) is 3.33. The van der Waals surface area contributed by atoms with Crippen LogP contribution in [-0.2, 0) is 6.18 Å².